The Bertz CT molecular complexity index is 788. The van der Waals surface area contributed by atoms with Crippen molar-refractivity contribution >= 4 is 23.4 Å². The van der Waals surface area contributed by atoms with Gasteiger partial charge in [-0.1, -0.05) is 19.3 Å². The minimum absolute atomic E-state index is 0.306. The van der Waals surface area contributed by atoms with Crippen molar-refractivity contribution < 1.29 is 9.53 Å². The van der Waals surface area contributed by atoms with Gasteiger partial charge < -0.3 is 10.1 Å². The molecule has 0 aromatic carbocycles. The summed E-state index contributed by atoms with van der Waals surface area (Å²) in [7, 11) is 1.75. The lowest BCUT2D eigenvalue weighted by Crippen LogP contribution is -2.23. The summed E-state index contributed by atoms with van der Waals surface area (Å²) in [6.45, 7) is 4.12. The fourth-order valence-corrected chi connectivity index (χ4v) is 3.56. The standard InChI is InChI=1S/C19H26N4O2/c1-4-25-19(24)16-12-23-18(13(16)2)17(14(10-20-3)11-21-23)22-15-8-6-5-7-9-15/h10-12,15,22H,4-9H2,1-3H3. The van der Waals surface area contributed by atoms with Crippen LogP contribution >= 0.6 is 0 Å². The fraction of sp³-hybridized carbons (Fsp3) is 0.526. The summed E-state index contributed by atoms with van der Waals surface area (Å²) in [5.74, 6) is -0.306. The van der Waals surface area contributed by atoms with E-state index in [1.54, 1.807) is 24.0 Å². The number of carbonyl (C=O) groups is 1. The largest absolute Gasteiger partial charge is 0.462 e. The molecule has 1 aliphatic rings. The van der Waals surface area contributed by atoms with Crippen molar-refractivity contribution in [2.75, 3.05) is 19.0 Å². The number of esters is 1. The van der Waals surface area contributed by atoms with Gasteiger partial charge in [0.25, 0.3) is 0 Å². The average Bonchev–Trinajstić information content (AvgIpc) is 2.95. The molecule has 6 nitrogen and oxygen atoms in total. The summed E-state index contributed by atoms with van der Waals surface area (Å²) >= 11 is 0. The molecule has 2 aromatic rings. The minimum atomic E-state index is -0.306. The molecule has 0 aliphatic heterocycles. The van der Waals surface area contributed by atoms with Gasteiger partial charge in [-0.05, 0) is 32.3 Å². The Kier molecular flexibility index (Phi) is 5.36. The number of aryl methyl sites for hydroxylation is 1. The molecule has 2 heterocycles. The van der Waals surface area contributed by atoms with Crippen LogP contribution in [-0.2, 0) is 4.74 Å². The van der Waals surface area contributed by atoms with E-state index >= 15 is 0 Å². The lowest BCUT2D eigenvalue weighted by Gasteiger charge is -2.25. The van der Waals surface area contributed by atoms with Crippen molar-refractivity contribution in [3.05, 3.63) is 29.1 Å². The third kappa shape index (κ3) is 3.52. The topological polar surface area (TPSA) is 68.0 Å². The van der Waals surface area contributed by atoms with Crippen LogP contribution in [0.5, 0.6) is 0 Å². The van der Waals surface area contributed by atoms with Gasteiger partial charge in [0, 0.05) is 31.1 Å². The first kappa shape index (κ1) is 17.5. The number of nitrogens with one attached hydrogen (secondary N) is 1. The van der Waals surface area contributed by atoms with Gasteiger partial charge in [0.1, 0.15) is 0 Å². The number of aliphatic imine (C=N–C) groups is 1. The van der Waals surface area contributed by atoms with Gasteiger partial charge in [-0.3, -0.25) is 4.99 Å². The van der Waals surface area contributed by atoms with Crippen LogP contribution in [0, 0.1) is 6.92 Å². The van der Waals surface area contributed by atoms with Crippen LogP contribution in [0.25, 0.3) is 5.52 Å². The summed E-state index contributed by atoms with van der Waals surface area (Å²) in [5, 5.41) is 8.15. The van der Waals surface area contributed by atoms with E-state index in [4.69, 9.17) is 4.74 Å². The number of aromatic nitrogens is 2. The number of hydrogen-bond acceptors (Lipinski definition) is 5. The summed E-state index contributed by atoms with van der Waals surface area (Å²) in [5.41, 5.74) is 4.31. The molecule has 0 unspecified atom stereocenters. The predicted molar refractivity (Wildman–Crippen MR) is 99.9 cm³/mol. The van der Waals surface area contributed by atoms with Crippen molar-refractivity contribution in [1.29, 1.82) is 0 Å². The van der Waals surface area contributed by atoms with E-state index < -0.39 is 0 Å². The quantitative estimate of drug-likeness (QED) is 0.666. The SMILES string of the molecule is CCOC(=O)c1cn2ncc(C=NC)c(NC3CCCCC3)c2c1C. The first-order valence-corrected chi connectivity index (χ1v) is 9.02. The molecule has 0 bridgehead atoms. The zero-order valence-electron chi connectivity index (χ0n) is 15.2. The molecule has 6 heteroatoms. The van der Waals surface area contributed by atoms with Crippen LogP contribution in [0.3, 0.4) is 0 Å². The molecule has 1 aliphatic carbocycles. The van der Waals surface area contributed by atoms with E-state index in [0.29, 0.717) is 18.2 Å². The van der Waals surface area contributed by atoms with E-state index in [-0.39, 0.29) is 5.97 Å². The van der Waals surface area contributed by atoms with Crippen molar-refractivity contribution in [2.45, 2.75) is 52.0 Å². The van der Waals surface area contributed by atoms with Crippen LogP contribution in [0.4, 0.5) is 5.69 Å². The highest BCUT2D eigenvalue weighted by Gasteiger charge is 2.22. The van der Waals surface area contributed by atoms with Crippen LogP contribution in [0.2, 0.25) is 0 Å². The van der Waals surface area contributed by atoms with Gasteiger partial charge in [-0.2, -0.15) is 5.10 Å². The molecule has 0 spiro atoms. The Morgan fingerprint density at radius 1 is 1.44 bits per heavy atom. The molecular formula is C19H26N4O2. The Morgan fingerprint density at radius 2 is 2.20 bits per heavy atom. The minimum Gasteiger partial charge on any atom is -0.462 e. The van der Waals surface area contributed by atoms with Gasteiger partial charge in [0.2, 0.25) is 0 Å². The molecule has 2 aromatic heterocycles. The van der Waals surface area contributed by atoms with E-state index in [0.717, 1.165) is 22.3 Å². The molecule has 1 N–H and O–H groups in total. The summed E-state index contributed by atoms with van der Waals surface area (Å²) in [6, 6.07) is 0.448. The van der Waals surface area contributed by atoms with Gasteiger partial charge in [-0.15, -0.1) is 0 Å². The Labute approximate surface area is 148 Å². The molecule has 0 amide bonds. The first-order chi connectivity index (χ1) is 12.2. The summed E-state index contributed by atoms with van der Waals surface area (Å²) < 4.78 is 6.94. The zero-order valence-corrected chi connectivity index (χ0v) is 15.2. The third-order valence-electron chi connectivity index (χ3n) is 4.80. The lowest BCUT2D eigenvalue weighted by atomic mass is 9.95. The van der Waals surface area contributed by atoms with Crippen LogP contribution < -0.4 is 5.32 Å². The van der Waals surface area contributed by atoms with Crippen LogP contribution in [0.15, 0.2) is 17.4 Å². The number of fused-ring (bicyclic) bond motifs is 1. The molecule has 134 valence electrons. The van der Waals surface area contributed by atoms with E-state index in [9.17, 15) is 4.79 Å². The van der Waals surface area contributed by atoms with Crippen molar-refractivity contribution in [3.63, 3.8) is 0 Å². The molecule has 0 atom stereocenters. The van der Waals surface area contributed by atoms with Crippen LogP contribution in [-0.4, -0.2) is 41.5 Å². The van der Waals surface area contributed by atoms with Gasteiger partial charge in [0.05, 0.1) is 29.6 Å². The number of nitrogens with zero attached hydrogens (tertiary/aromatic N) is 3. The molecule has 1 fully saturated rings. The average molecular weight is 342 g/mol. The fourth-order valence-electron chi connectivity index (χ4n) is 3.56. The van der Waals surface area contributed by atoms with Gasteiger partial charge in [-0.25, -0.2) is 9.31 Å². The first-order valence-electron chi connectivity index (χ1n) is 9.02. The van der Waals surface area contributed by atoms with Crippen molar-refractivity contribution in [1.82, 2.24) is 9.61 Å². The number of ether oxygens (including phenoxy) is 1. The third-order valence-corrected chi connectivity index (χ3v) is 4.80. The summed E-state index contributed by atoms with van der Waals surface area (Å²) in [6.07, 6.45) is 11.5. The number of rotatable bonds is 5. The van der Waals surface area contributed by atoms with Crippen molar-refractivity contribution in [2.24, 2.45) is 4.99 Å². The molecule has 3 rings (SSSR count). The highest BCUT2D eigenvalue weighted by Crippen LogP contribution is 2.30. The summed E-state index contributed by atoms with van der Waals surface area (Å²) in [4.78, 5) is 16.4. The zero-order chi connectivity index (χ0) is 17.8. The Morgan fingerprint density at radius 3 is 2.88 bits per heavy atom. The molecule has 1 saturated carbocycles. The maximum absolute atomic E-state index is 12.2. The van der Waals surface area contributed by atoms with Gasteiger partial charge >= 0.3 is 5.97 Å². The number of hydrogen-bond donors (Lipinski definition) is 1. The Hall–Kier alpha value is -2.37. The van der Waals surface area contributed by atoms with E-state index in [1.807, 2.05) is 20.1 Å². The molecular weight excluding hydrogens is 316 g/mol. The van der Waals surface area contributed by atoms with E-state index in [1.165, 1.54) is 32.1 Å². The normalized spacial score (nSPS) is 15.8. The second kappa shape index (κ2) is 7.68. The maximum Gasteiger partial charge on any atom is 0.340 e. The predicted octanol–water partition coefficient (Wildman–Crippen LogP) is 3.61. The van der Waals surface area contributed by atoms with Gasteiger partial charge in [0.15, 0.2) is 0 Å². The number of anilines is 1. The highest BCUT2D eigenvalue weighted by atomic mass is 16.5. The Balaban J connectivity index is 2.09. The molecule has 0 radical (unpaired) electrons. The van der Waals surface area contributed by atoms with Crippen LogP contribution in [0.1, 0.15) is 60.5 Å². The number of carbonyl (C=O) groups excluding carboxylic acids is 1. The highest BCUT2D eigenvalue weighted by molar-refractivity contribution is 5.99. The monoisotopic (exact) mass is 342 g/mol. The van der Waals surface area contributed by atoms with E-state index in [2.05, 4.69) is 15.4 Å². The lowest BCUT2D eigenvalue weighted by molar-refractivity contribution is 0.0525. The molecule has 0 saturated heterocycles. The smallest absolute Gasteiger partial charge is 0.340 e. The van der Waals surface area contributed by atoms with Crippen molar-refractivity contribution in [3.8, 4) is 0 Å². The molecule has 25 heavy (non-hydrogen) atoms. The second-order valence-electron chi connectivity index (χ2n) is 6.52. The second-order valence-corrected chi connectivity index (χ2v) is 6.52. The maximum atomic E-state index is 12.2.